The Kier molecular flexibility index (Phi) is 5.12. The molecule has 25 heavy (non-hydrogen) atoms. The molecule has 0 saturated carbocycles. The number of anilines is 1. The first-order chi connectivity index (χ1) is 12.2. The number of aryl methyl sites for hydroxylation is 1. The van der Waals surface area contributed by atoms with Crippen LogP contribution in [0.4, 0.5) is 5.69 Å². The topological polar surface area (TPSA) is 108 Å². The van der Waals surface area contributed by atoms with Crippen LogP contribution in [0.5, 0.6) is 11.5 Å². The van der Waals surface area contributed by atoms with E-state index in [1.165, 1.54) is 7.11 Å². The molecule has 0 aliphatic heterocycles. The first-order valence-electron chi connectivity index (χ1n) is 7.73. The zero-order valence-corrected chi connectivity index (χ0v) is 13.9. The number of nitrogens with one attached hydrogen (secondary N) is 1. The van der Waals surface area contributed by atoms with Crippen molar-refractivity contribution in [3.63, 3.8) is 0 Å². The van der Waals surface area contributed by atoms with Crippen LogP contribution in [-0.2, 0) is 16.1 Å². The largest absolute Gasteiger partial charge is 0.493 e. The Morgan fingerprint density at radius 3 is 2.88 bits per heavy atom. The van der Waals surface area contributed by atoms with Crippen LogP contribution in [0.25, 0.3) is 0 Å². The predicted octanol–water partition coefficient (Wildman–Crippen LogP) is 1.78. The molecule has 0 atom stereocenters. The number of fused-ring (bicyclic) bond motifs is 1. The molecule has 2 aromatic rings. The Morgan fingerprint density at radius 2 is 2.08 bits per heavy atom. The highest BCUT2D eigenvalue weighted by molar-refractivity contribution is 6.00. The number of amides is 1. The molecule has 0 spiro atoms. The van der Waals surface area contributed by atoms with Crippen molar-refractivity contribution >= 4 is 17.3 Å². The van der Waals surface area contributed by atoms with Crippen LogP contribution in [0.1, 0.15) is 24.2 Å². The summed E-state index contributed by atoms with van der Waals surface area (Å²) >= 11 is 0. The molecule has 9 nitrogen and oxygen atoms in total. The molecular formula is C16H18N4O5. The van der Waals surface area contributed by atoms with E-state index in [0.29, 0.717) is 35.0 Å². The third-order valence-electron chi connectivity index (χ3n) is 3.69. The average molecular weight is 346 g/mol. The van der Waals surface area contributed by atoms with Gasteiger partial charge in [0.1, 0.15) is 11.4 Å². The Hall–Kier alpha value is -3.10. The number of hydrogen-bond donors (Lipinski definition) is 1. The minimum absolute atomic E-state index is 0.224. The monoisotopic (exact) mass is 346 g/mol. The predicted molar refractivity (Wildman–Crippen MR) is 87.9 cm³/mol. The number of nitrogens with zero attached hydrogens (tertiary/aromatic N) is 3. The number of rotatable bonds is 6. The van der Waals surface area contributed by atoms with Gasteiger partial charge in [0.25, 0.3) is 5.91 Å². The molecule has 1 aliphatic carbocycles. The summed E-state index contributed by atoms with van der Waals surface area (Å²) in [5.74, 6) is 0.762. The van der Waals surface area contributed by atoms with Crippen LogP contribution in [0.2, 0.25) is 0 Å². The van der Waals surface area contributed by atoms with Gasteiger partial charge in [-0.3, -0.25) is 4.79 Å². The van der Waals surface area contributed by atoms with Crippen molar-refractivity contribution in [3.05, 3.63) is 29.6 Å². The average Bonchev–Trinajstić information content (AvgIpc) is 3.11. The number of carbonyl (C=O) groups excluding carboxylic acids is 1. The molecule has 0 bridgehead atoms. The van der Waals surface area contributed by atoms with E-state index in [-0.39, 0.29) is 12.5 Å². The van der Waals surface area contributed by atoms with Crippen LogP contribution in [0, 0.1) is 0 Å². The number of oxime groups is 1. The van der Waals surface area contributed by atoms with E-state index in [0.717, 1.165) is 18.5 Å². The van der Waals surface area contributed by atoms with Gasteiger partial charge in [-0.1, -0.05) is 10.3 Å². The summed E-state index contributed by atoms with van der Waals surface area (Å²) in [6.45, 7) is -0.224. The van der Waals surface area contributed by atoms with Gasteiger partial charge in [0.15, 0.2) is 23.8 Å². The quantitative estimate of drug-likeness (QED) is 0.794. The summed E-state index contributed by atoms with van der Waals surface area (Å²) in [6.07, 6.45) is 2.40. The highest BCUT2D eigenvalue weighted by Gasteiger charge is 2.21. The van der Waals surface area contributed by atoms with Gasteiger partial charge in [-0.2, -0.15) is 0 Å². The van der Waals surface area contributed by atoms with Crippen molar-refractivity contribution < 1.29 is 23.7 Å². The molecule has 1 aliphatic rings. The molecule has 1 aromatic carbocycles. The van der Waals surface area contributed by atoms with Gasteiger partial charge >= 0.3 is 0 Å². The van der Waals surface area contributed by atoms with Crippen LogP contribution in [-0.4, -0.2) is 42.8 Å². The maximum Gasteiger partial charge on any atom is 0.265 e. The zero-order chi connectivity index (χ0) is 17.6. The van der Waals surface area contributed by atoms with E-state index in [9.17, 15) is 4.79 Å². The molecule has 9 heteroatoms. The second-order valence-corrected chi connectivity index (χ2v) is 5.34. The van der Waals surface area contributed by atoms with E-state index in [1.807, 2.05) is 0 Å². The summed E-state index contributed by atoms with van der Waals surface area (Å²) in [5.41, 5.74) is 2.58. The smallest absolute Gasteiger partial charge is 0.265 e. The summed E-state index contributed by atoms with van der Waals surface area (Å²) in [7, 11) is 3.07. The van der Waals surface area contributed by atoms with Gasteiger partial charge in [0.05, 0.1) is 14.2 Å². The summed E-state index contributed by atoms with van der Waals surface area (Å²) in [6, 6.07) is 5.08. The number of benzene rings is 1. The molecule has 0 radical (unpaired) electrons. The molecule has 0 unspecified atom stereocenters. The molecule has 1 aromatic heterocycles. The number of hydrogen-bond acceptors (Lipinski definition) is 8. The number of methoxy groups -OCH3 is 2. The van der Waals surface area contributed by atoms with Crippen molar-refractivity contribution in [1.82, 2.24) is 10.3 Å². The lowest BCUT2D eigenvalue weighted by molar-refractivity contribution is -0.120. The number of carbonyl (C=O) groups is 1. The minimum Gasteiger partial charge on any atom is -0.493 e. The molecule has 1 amide bonds. The lowest BCUT2D eigenvalue weighted by Crippen LogP contribution is -2.18. The van der Waals surface area contributed by atoms with Crippen LogP contribution < -0.4 is 14.8 Å². The van der Waals surface area contributed by atoms with Crippen molar-refractivity contribution in [1.29, 1.82) is 0 Å². The Balaban J connectivity index is 1.56. The normalized spacial score (nSPS) is 14.7. The molecule has 1 N–H and O–H groups in total. The van der Waals surface area contributed by atoms with Gasteiger partial charge < -0.3 is 19.6 Å². The first-order valence-corrected chi connectivity index (χ1v) is 7.73. The van der Waals surface area contributed by atoms with E-state index in [4.69, 9.17) is 18.9 Å². The fourth-order valence-corrected chi connectivity index (χ4v) is 2.50. The van der Waals surface area contributed by atoms with Crippen molar-refractivity contribution in [2.24, 2.45) is 5.16 Å². The standard InChI is InChI=1S/C16H18N4O5/c1-22-13-7-6-10(8-14(13)23-2)17-15(21)9-24-18-11-4-3-5-12-16(11)20-25-19-12/h6-8H,3-5,9H2,1-2H3,(H,17,21)/b18-11-. The maximum absolute atomic E-state index is 12.0. The first kappa shape index (κ1) is 16.7. The van der Waals surface area contributed by atoms with Gasteiger partial charge in [-0.15, -0.1) is 0 Å². The van der Waals surface area contributed by atoms with Gasteiger partial charge in [0, 0.05) is 11.8 Å². The molecular weight excluding hydrogens is 328 g/mol. The fourth-order valence-electron chi connectivity index (χ4n) is 2.50. The molecule has 0 fully saturated rings. The van der Waals surface area contributed by atoms with Gasteiger partial charge in [-0.25, -0.2) is 4.63 Å². The maximum atomic E-state index is 12.0. The summed E-state index contributed by atoms with van der Waals surface area (Å²) in [5, 5.41) is 14.3. The third-order valence-corrected chi connectivity index (χ3v) is 3.69. The Bertz CT molecular complexity index is 787. The lowest BCUT2D eigenvalue weighted by Gasteiger charge is -2.11. The fraction of sp³-hybridized carbons (Fsp3) is 0.375. The van der Waals surface area contributed by atoms with E-state index in [1.54, 1.807) is 25.3 Å². The summed E-state index contributed by atoms with van der Waals surface area (Å²) in [4.78, 5) is 17.1. The van der Waals surface area contributed by atoms with Crippen LogP contribution in [0.3, 0.4) is 0 Å². The van der Waals surface area contributed by atoms with Crippen LogP contribution in [0.15, 0.2) is 28.0 Å². The minimum atomic E-state index is -0.342. The third kappa shape index (κ3) is 3.87. The molecule has 0 saturated heterocycles. The zero-order valence-electron chi connectivity index (χ0n) is 13.9. The highest BCUT2D eigenvalue weighted by Crippen LogP contribution is 2.29. The molecule has 1 heterocycles. The highest BCUT2D eigenvalue weighted by atomic mass is 16.6. The second-order valence-electron chi connectivity index (χ2n) is 5.34. The SMILES string of the molecule is COc1ccc(NC(=O)CO/N=C2/CCCc3nonc32)cc1OC. The van der Waals surface area contributed by atoms with Gasteiger partial charge in [-0.05, 0) is 36.6 Å². The van der Waals surface area contributed by atoms with E-state index < -0.39 is 0 Å². The lowest BCUT2D eigenvalue weighted by atomic mass is 9.99. The van der Waals surface area contributed by atoms with Crippen molar-refractivity contribution in [2.45, 2.75) is 19.3 Å². The summed E-state index contributed by atoms with van der Waals surface area (Å²) < 4.78 is 15.1. The number of ether oxygens (including phenoxy) is 2. The van der Waals surface area contributed by atoms with E-state index >= 15 is 0 Å². The van der Waals surface area contributed by atoms with Gasteiger partial charge in [0.2, 0.25) is 0 Å². The van der Waals surface area contributed by atoms with Crippen LogP contribution >= 0.6 is 0 Å². The number of aromatic nitrogens is 2. The Morgan fingerprint density at radius 1 is 1.24 bits per heavy atom. The second kappa shape index (κ2) is 7.65. The van der Waals surface area contributed by atoms with Crippen molar-refractivity contribution in [2.75, 3.05) is 26.1 Å². The molecule has 132 valence electrons. The Labute approximate surface area is 143 Å². The van der Waals surface area contributed by atoms with Crippen molar-refractivity contribution in [3.8, 4) is 11.5 Å². The molecule has 3 rings (SSSR count). The van der Waals surface area contributed by atoms with E-state index in [2.05, 4.69) is 20.8 Å².